The van der Waals surface area contributed by atoms with Gasteiger partial charge in [0, 0.05) is 18.7 Å². The SMILES string of the molecule is COc1ccccc1C1C(C(=O)c2sc(C)nc2C)=C(O)C(=O)N1CC1CCCO1. The molecule has 158 valence electrons. The Bertz CT molecular complexity index is 1020. The van der Waals surface area contributed by atoms with Gasteiger partial charge < -0.3 is 19.5 Å². The van der Waals surface area contributed by atoms with Gasteiger partial charge >= 0.3 is 0 Å². The second-order valence-corrected chi connectivity index (χ2v) is 8.68. The van der Waals surface area contributed by atoms with Crippen LogP contribution >= 0.6 is 11.3 Å². The third kappa shape index (κ3) is 3.50. The maximum atomic E-state index is 13.5. The number of hydrogen-bond donors (Lipinski definition) is 1. The van der Waals surface area contributed by atoms with E-state index in [1.54, 1.807) is 20.1 Å². The first-order valence-electron chi connectivity index (χ1n) is 9.89. The number of carbonyl (C=O) groups excluding carboxylic acids is 2. The molecule has 1 fully saturated rings. The van der Waals surface area contributed by atoms with Gasteiger partial charge in [0.1, 0.15) is 5.75 Å². The minimum Gasteiger partial charge on any atom is -0.503 e. The number of ketones is 1. The third-order valence-corrected chi connectivity index (χ3v) is 6.59. The molecule has 8 heteroatoms. The number of aromatic nitrogens is 1. The number of benzene rings is 1. The van der Waals surface area contributed by atoms with Crippen LogP contribution in [0.4, 0.5) is 0 Å². The Morgan fingerprint density at radius 2 is 2.13 bits per heavy atom. The van der Waals surface area contributed by atoms with Crippen LogP contribution in [-0.4, -0.2) is 53.0 Å². The zero-order chi connectivity index (χ0) is 21.4. The molecule has 7 nitrogen and oxygen atoms in total. The molecule has 0 aliphatic carbocycles. The Kier molecular flexibility index (Phi) is 5.62. The number of thiazole rings is 1. The minimum atomic E-state index is -0.757. The van der Waals surface area contributed by atoms with Crippen molar-refractivity contribution in [3.63, 3.8) is 0 Å². The summed E-state index contributed by atoms with van der Waals surface area (Å²) >= 11 is 1.26. The Morgan fingerprint density at radius 1 is 1.37 bits per heavy atom. The van der Waals surface area contributed by atoms with Crippen molar-refractivity contribution < 1.29 is 24.2 Å². The van der Waals surface area contributed by atoms with Gasteiger partial charge in [-0.05, 0) is 32.8 Å². The highest BCUT2D eigenvalue weighted by molar-refractivity contribution is 7.14. The summed E-state index contributed by atoms with van der Waals surface area (Å²) in [7, 11) is 1.54. The molecule has 0 spiro atoms. The van der Waals surface area contributed by atoms with Crippen LogP contribution in [0, 0.1) is 13.8 Å². The fraction of sp³-hybridized carbons (Fsp3) is 0.409. The molecule has 1 aromatic carbocycles. The van der Waals surface area contributed by atoms with Gasteiger partial charge in [-0.2, -0.15) is 0 Å². The summed E-state index contributed by atoms with van der Waals surface area (Å²) in [6, 6.07) is 6.49. The van der Waals surface area contributed by atoms with Crippen LogP contribution in [0.5, 0.6) is 5.75 Å². The molecular weight excluding hydrogens is 404 g/mol. The Labute approximate surface area is 178 Å². The van der Waals surface area contributed by atoms with Crippen LogP contribution in [0.25, 0.3) is 0 Å². The van der Waals surface area contributed by atoms with Crippen molar-refractivity contribution in [2.75, 3.05) is 20.3 Å². The summed E-state index contributed by atoms with van der Waals surface area (Å²) in [6.45, 7) is 4.52. The number of carbonyl (C=O) groups is 2. The van der Waals surface area contributed by atoms with Crippen molar-refractivity contribution in [2.24, 2.45) is 0 Å². The van der Waals surface area contributed by atoms with Crippen molar-refractivity contribution in [1.82, 2.24) is 9.88 Å². The molecule has 2 aliphatic rings. The molecule has 0 radical (unpaired) electrons. The molecule has 30 heavy (non-hydrogen) atoms. The molecule has 3 heterocycles. The number of amides is 1. The van der Waals surface area contributed by atoms with Gasteiger partial charge in [-0.25, -0.2) is 4.98 Å². The predicted molar refractivity (Wildman–Crippen MR) is 112 cm³/mol. The van der Waals surface area contributed by atoms with Crippen LogP contribution in [0.15, 0.2) is 35.6 Å². The first-order valence-corrected chi connectivity index (χ1v) is 10.7. The number of aliphatic hydroxyl groups excluding tert-OH is 1. The third-order valence-electron chi connectivity index (χ3n) is 5.52. The van der Waals surface area contributed by atoms with E-state index in [9.17, 15) is 14.7 Å². The standard InChI is InChI=1S/C22H24N2O5S/c1-12-21(30-13(2)23-12)19(25)17-18(15-8-4-5-9-16(15)28-3)24(22(27)20(17)26)11-14-7-6-10-29-14/h4-5,8-9,14,18,26H,6-7,10-11H2,1-3H3. The normalized spacial score (nSPS) is 21.6. The molecule has 2 aromatic rings. The van der Waals surface area contributed by atoms with E-state index in [2.05, 4.69) is 4.98 Å². The van der Waals surface area contributed by atoms with E-state index in [-0.39, 0.29) is 17.5 Å². The number of nitrogens with zero attached hydrogens (tertiary/aromatic N) is 2. The average Bonchev–Trinajstić information content (AvgIpc) is 3.43. The second kappa shape index (κ2) is 8.20. The van der Waals surface area contributed by atoms with Crippen molar-refractivity contribution in [2.45, 2.75) is 38.8 Å². The smallest absolute Gasteiger partial charge is 0.290 e. The van der Waals surface area contributed by atoms with Gasteiger partial charge in [-0.1, -0.05) is 18.2 Å². The number of hydrogen-bond acceptors (Lipinski definition) is 7. The van der Waals surface area contributed by atoms with Gasteiger partial charge in [-0.15, -0.1) is 11.3 Å². The first-order chi connectivity index (χ1) is 14.4. The molecule has 0 bridgehead atoms. The molecule has 2 unspecified atom stereocenters. The van der Waals surface area contributed by atoms with Crippen molar-refractivity contribution in [1.29, 1.82) is 0 Å². The molecule has 1 amide bonds. The molecule has 2 aliphatic heterocycles. The monoisotopic (exact) mass is 428 g/mol. The van der Waals surface area contributed by atoms with E-state index in [1.165, 1.54) is 16.2 Å². The van der Waals surface area contributed by atoms with E-state index < -0.39 is 17.7 Å². The summed E-state index contributed by atoms with van der Waals surface area (Å²) in [6.07, 6.45) is 1.64. The van der Waals surface area contributed by atoms with Crippen LogP contribution in [0.3, 0.4) is 0 Å². The maximum absolute atomic E-state index is 13.5. The lowest BCUT2D eigenvalue weighted by Crippen LogP contribution is -2.37. The van der Waals surface area contributed by atoms with Crippen LogP contribution in [0.2, 0.25) is 0 Å². The van der Waals surface area contributed by atoms with E-state index in [1.807, 2.05) is 25.1 Å². The summed E-state index contributed by atoms with van der Waals surface area (Å²) in [5.41, 5.74) is 1.30. The number of methoxy groups -OCH3 is 1. The molecule has 0 saturated carbocycles. The topological polar surface area (TPSA) is 89.0 Å². The zero-order valence-corrected chi connectivity index (χ0v) is 18.0. The summed E-state index contributed by atoms with van der Waals surface area (Å²) in [5.74, 6) is -0.914. The lowest BCUT2D eigenvalue weighted by atomic mass is 9.94. The van der Waals surface area contributed by atoms with Crippen molar-refractivity contribution in [3.05, 3.63) is 56.7 Å². The van der Waals surface area contributed by atoms with Gasteiger partial charge in [0.05, 0.1) is 40.4 Å². The largest absolute Gasteiger partial charge is 0.503 e. The Hall–Kier alpha value is -2.71. The van der Waals surface area contributed by atoms with Crippen molar-refractivity contribution >= 4 is 23.0 Å². The molecule has 4 rings (SSSR count). The summed E-state index contributed by atoms with van der Waals surface area (Å²) < 4.78 is 11.2. The minimum absolute atomic E-state index is 0.0641. The predicted octanol–water partition coefficient (Wildman–Crippen LogP) is 3.53. The first kappa shape index (κ1) is 20.6. The molecule has 2 atom stereocenters. The van der Waals surface area contributed by atoms with Gasteiger partial charge in [0.2, 0.25) is 5.78 Å². The Morgan fingerprint density at radius 3 is 2.77 bits per heavy atom. The van der Waals surface area contributed by atoms with Crippen LogP contribution < -0.4 is 4.74 Å². The van der Waals surface area contributed by atoms with E-state index >= 15 is 0 Å². The van der Waals surface area contributed by atoms with E-state index in [0.717, 1.165) is 17.8 Å². The number of aliphatic hydroxyl groups is 1. The average molecular weight is 429 g/mol. The summed E-state index contributed by atoms with van der Waals surface area (Å²) in [4.78, 5) is 32.9. The van der Waals surface area contributed by atoms with Gasteiger partial charge in [-0.3, -0.25) is 9.59 Å². The fourth-order valence-electron chi connectivity index (χ4n) is 4.16. The van der Waals surface area contributed by atoms with Crippen LogP contribution in [0.1, 0.15) is 44.8 Å². The van der Waals surface area contributed by atoms with Crippen LogP contribution in [-0.2, 0) is 9.53 Å². The maximum Gasteiger partial charge on any atom is 0.290 e. The number of rotatable bonds is 6. The number of aryl methyl sites for hydroxylation is 2. The highest BCUT2D eigenvalue weighted by Crippen LogP contribution is 2.43. The lowest BCUT2D eigenvalue weighted by molar-refractivity contribution is -0.131. The lowest BCUT2D eigenvalue weighted by Gasteiger charge is -2.29. The van der Waals surface area contributed by atoms with Gasteiger partial charge in [0.25, 0.3) is 5.91 Å². The quantitative estimate of drug-likeness (QED) is 0.708. The highest BCUT2D eigenvalue weighted by atomic mass is 32.1. The number of ether oxygens (including phenoxy) is 2. The van der Waals surface area contributed by atoms with E-state index in [4.69, 9.17) is 9.47 Å². The Balaban J connectivity index is 1.82. The van der Waals surface area contributed by atoms with Gasteiger partial charge in [0.15, 0.2) is 5.76 Å². The van der Waals surface area contributed by atoms with Crippen molar-refractivity contribution in [3.8, 4) is 5.75 Å². The molecule has 1 saturated heterocycles. The molecule has 1 aromatic heterocycles. The number of para-hydroxylation sites is 1. The molecule has 1 N–H and O–H groups in total. The molecular formula is C22H24N2O5S. The highest BCUT2D eigenvalue weighted by Gasteiger charge is 2.46. The zero-order valence-electron chi connectivity index (χ0n) is 17.2. The fourth-order valence-corrected chi connectivity index (χ4v) is 5.04. The number of Topliss-reactive ketones (excluding diaryl/α,β-unsaturated/α-hetero) is 1. The van der Waals surface area contributed by atoms with E-state index in [0.29, 0.717) is 35.0 Å². The summed E-state index contributed by atoms with van der Waals surface area (Å²) in [5, 5.41) is 11.6. The second-order valence-electron chi connectivity index (χ2n) is 7.48.